The average molecular weight is 268 g/mol. The highest BCUT2D eigenvalue weighted by Gasteiger charge is 2.57. The van der Waals surface area contributed by atoms with Crippen molar-refractivity contribution < 1.29 is 14.7 Å². The van der Waals surface area contributed by atoms with Gasteiger partial charge in [-0.05, 0) is 32.1 Å². The number of piperidine rings is 1. The summed E-state index contributed by atoms with van der Waals surface area (Å²) in [6, 6.07) is 0. The second kappa shape index (κ2) is 5.12. The van der Waals surface area contributed by atoms with Crippen molar-refractivity contribution in [2.45, 2.75) is 45.4 Å². The molecule has 5 heteroatoms. The first-order valence-corrected chi connectivity index (χ1v) is 7.20. The van der Waals surface area contributed by atoms with Crippen LogP contribution in [0, 0.1) is 10.8 Å². The van der Waals surface area contributed by atoms with Crippen LogP contribution in [0.25, 0.3) is 0 Å². The molecule has 3 N–H and O–H groups in total. The molecule has 0 aromatic rings. The Kier molecular flexibility index (Phi) is 3.85. The third kappa shape index (κ3) is 2.48. The number of amides is 2. The lowest BCUT2D eigenvalue weighted by Crippen LogP contribution is -2.52. The van der Waals surface area contributed by atoms with Gasteiger partial charge < -0.3 is 15.7 Å². The Balaban J connectivity index is 2.09. The van der Waals surface area contributed by atoms with E-state index in [-0.39, 0.29) is 17.9 Å². The van der Waals surface area contributed by atoms with Crippen LogP contribution >= 0.6 is 0 Å². The lowest BCUT2D eigenvalue weighted by atomic mass is 9.76. The molecule has 0 radical (unpaired) electrons. The highest BCUT2D eigenvalue weighted by Crippen LogP contribution is 2.48. The summed E-state index contributed by atoms with van der Waals surface area (Å²) in [4.78, 5) is 25.7. The Morgan fingerprint density at radius 2 is 2.00 bits per heavy atom. The van der Waals surface area contributed by atoms with Gasteiger partial charge in [0.1, 0.15) is 5.41 Å². The molecule has 108 valence electrons. The molecule has 0 spiro atoms. The topological polar surface area (TPSA) is 83.6 Å². The molecular weight excluding hydrogens is 244 g/mol. The molecule has 0 aromatic heterocycles. The first-order valence-electron chi connectivity index (χ1n) is 7.20. The van der Waals surface area contributed by atoms with Crippen LogP contribution in [0.15, 0.2) is 0 Å². The largest absolute Gasteiger partial charge is 0.396 e. The number of carbonyl (C=O) groups is 2. The maximum Gasteiger partial charge on any atom is 0.238 e. The van der Waals surface area contributed by atoms with Crippen LogP contribution in [-0.2, 0) is 9.59 Å². The maximum atomic E-state index is 12.5. The van der Waals surface area contributed by atoms with Gasteiger partial charge in [0.15, 0.2) is 0 Å². The van der Waals surface area contributed by atoms with Crippen molar-refractivity contribution in [3.05, 3.63) is 0 Å². The molecule has 2 amide bonds. The molecule has 1 heterocycles. The molecule has 1 atom stereocenters. The molecule has 1 saturated heterocycles. The SMILES string of the molecule is CCC[C@]1(CO)CCCN(C(=O)C2(C(N)=O)CC2)C1. The average Bonchev–Trinajstić information content (AvgIpc) is 3.20. The van der Waals surface area contributed by atoms with Gasteiger partial charge in [0.25, 0.3) is 0 Å². The van der Waals surface area contributed by atoms with Crippen molar-refractivity contribution in [1.82, 2.24) is 4.90 Å². The molecule has 19 heavy (non-hydrogen) atoms. The van der Waals surface area contributed by atoms with Crippen LogP contribution in [0.1, 0.15) is 45.4 Å². The number of aliphatic hydroxyl groups is 1. The Hall–Kier alpha value is -1.10. The van der Waals surface area contributed by atoms with Crippen LogP contribution in [0.3, 0.4) is 0 Å². The van der Waals surface area contributed by atoms with Gasteiger partial charge in [-0.3, -0.25) is 9.59 Å². The zero-order valence-corrected chi connectivity index (χ0v) is 11.7. The van der Waals surface area contributed by atoms with Crippen molar-refractivity contribution in [3.63, 3.8) is 0 Å². The van der Waals surface area contributed by atoms with Gasteiger partial charge in [-0.2, -0.15) is 0 Å². The van der Waals surface area contributed by atoms with Crippen molar-refractivity contribution >= 4 is 11.8 Å². The van der Waals surface area contributed by atoms with Crippen molar-refractivity contribution in [1.29, 1.82) is 0 Å². The number of nitrogens with two attached hydrogens (primary N) is 1. The third-order valence-corrected chi connectivity index (χ3v) is 4.70. The van der Waals surface area contributed by atoms with E-state index in [1.807, 2.05) is 0 Å². The van der Waals surface area contributed by atoms with E-state index in [0.29, 0.717) is 25.9 Å². The molecule has 1 aliphatic carbocycles. The highest BCUT2D eigenvalue weighted by molar-refractivity contribution is 6.07. The monoisotopic (exact) mass is 268 g/mol. The summed E-state index contributed by atoms with van der Waals surface area (Å²) in [7, 11) is 0. The number of primary amides is 1. The quantitative estimate of drug-likeness (QED) is 0.718. The van der Waals surface area contributed by atoms with E-state index < -0.39 is 11.3 Å². The van der Waals surface area contributed by atoms with Crippen LogP contribution in [-0.4, -0.2) is 41.5 Å². The predicted octanol–water partition coefficient (Wildman–Crippen LogP) is 0.653. The third-order valence-electron chi connectivity index (χ3n) is 4.70. The summed E-state index contributed by atoms with van der Waals surface area (Å²) < 4.78 is 0. The predicted molar refractivity (Wildman–Crippen MR) is 71.1 cm³/mol. The van der Waals surface area contributed by atoms with E-state index in [1.165, 1.54) is 0 Å². The minimum absolute atomic E-state index is 0.105. The first kappa shape index (κ1) is 14.3. The Morgan fingerprint density at radius 3 is 2.47 bits per heavy atom. The van der Waals surface area contributed by atoms with Crippen LogP contribution in [0.4, 0.5) is 0 Å². The zero-order valence-electron chi connectivity index (χ0n) is 11.7. The zero-order chi connectivity index (χ0) is 14.1. The maximum absolute atomic E-state index is 12.5. The number of hydrogen-bond acceptors (Lipinski definition) is 3. The molecular formula is C14H24N2O3. The smallest absolute Gasteiger partial charge is 0.238 e. The Labute approximate surface area is 114 Å². The van der Waals surface area contributed by atoms with Crippen molar-refractivity contribution in [2.24, 2.45) is 16.6 Å². The molecule has 0 aromatic carbocycles. The molecule has 2 fully saturated rings. The molecule has 2 rings (SSSR count). The van der Waals surface area contributed by atoms with E-state index in [9.17, 15) is 14.7 Å². The molecule has 1 aliphatic heterocycles. The van der Waals surface area contributed by atoms with Crippen molar-refractivity contribution in [2.75, 3.05) is 19.7 Å². The summed E-state index contributed by atoms with van der Waals surface area (Å²) in [6.45, 7) is 3.43. The van der Waals surface area contributed by atoms with Gasteiger partial charge >= 0.3 is 0 Å². The minimum atomic E-state index is -0.926. The molecule has 2 aliphatic rings. The molecule has 0 unspecified atom stereocenters. The number of nitrogens with zero attached hydrogens (tertiary/aromatic N) is 1. The lowest BCUT2D eigenvalue weighted by Gasteiger charge is -2.42. The summed E-state index contributed by atoms with van der Waals surface area (Å²) in [5.41, 5.74) is 4.25. The second-order valence-electron chi connectivity index (χ2n) is 6.18. The van der Waals surface area contributed by atoms with Gasteiger partial charge in [0.05, 0.1) is 6.61 Å². The van der Waals surface area contributed by atoms with Crippen molar-refractivity contribution in [3.8, 4) is 0 Å². The summed E-state index contributed by atoms with van der Waals surface area (Å²) >= 11 is 0. The normalized spacial score (nSPS) is 29.1. The summed E-state index contributed by atoms with van der Waals surface area (Å²) in [6.07, 6.45) is 4.90. The van der Waals surface area contributed by atoms with Gasteiger partial charge in [-0.1, -0.05) is 13.3 Å². The number of carbonyl (C=O) groups excluding carboxylic acids is 2. The minimum Gasteiger partial charge on any atom is -0.396 e. The summed E-state index contributed by atoms with van der Waals surface area (Å²) in [5, 5.41) is 9.67. The van der Waals surface area contributed by atoms with E-state index in [2.05, 4.69) is 6.92 Å². The highest BCUT2D eigenvalue weighted by atomic mass is 16.3. The van der Waals surface area contributed by atoms with Gasteiger partial charge in [0.2, 0.25) is 11.8 Å². The Bertz CT molecular complexity index is 375. The number of aliphatic hydroxyl groups excluding tert-OH is 1. The number of hydrogen-bond donors (Lipinski definition) is 2. The van der Waals surface area contributed by atoms with Gasteiger partial charge in [-0.25, -0.2) is 0 Å². The Morgan fingerprint density at radius 1 is 1.32 bits per heavy atom. The fraction of sp³-hybridized carbons (Fsp3) is 0.857. The molecule has 5 nitrogen and oxygen atoms in total. The second-order valence-corrected chi connectivity index (χ2v) is 6.18. The van der Waals surface area contributed by atoms with Crippen LogP contribution < -0.4 is 5.73 Å². The van der Waals surface area contributed by atoms with Crippen LogP contribution in [0.5, 0.6) is 0 Å². The van der Waals surface area contributed by atoms with E-state index in [1.54, 1.807) is 4.90 Å². The van der Waals surface area contributed by atoms with Crippen LogP contribution in [0.2, 0.25) is 0 Å². The lowest BCUT2D eigenvalue weighted by molar-refractivity contribution is -0.146. The van der Waals surface area contributed by atoms with E-state index >= 15 is 0 Å². The standard InChI is InChI=1S/C14H24N2O3/c1-2-4-13(10-17)5-3-8-16(9-13)12(19)14(6-7-14)11(15)18/h17H,2-10H2,1H3,(H2,15,18)/t13-/m0/s1. The molecule has 0 bridgehead atoms. The fourth-order valence-corrected chi connectivity index (χ4v) is 3.32. The first-order chi connectivity index (χ1) is 8.99. The number of likely N-dealkylation sites (tertiary alicyclic amines) is 1. The van der Waals surface area contributed by atoms with E-state index in [0.717, 1.165) is 25.7 Å². The van der Waals surface area contributed by atoms with E-state index in [4.69, 9.17) is 5.73 Å². The van der Waals surface area contributed by atoms with Gasteiger partial charge in [0, 0.05) is 18.5 Å². The molecule has 1 saturated carbocycles. The van der Waals surface area contributed by atoms with Gasteiger partial charge in [-0.15, -0.1) is 0 Å². The fourth-order valence-electron chi connectivity index (χ4n) is 3.32. The summed E-state index contributed by atoms with van der Waals surface area (Å²) in [5.74, 6) is -0.609. The number of rotatable bonds is 5.